The number of hydrogen-bond acceptors (Lipinski definition) is 2. The lowest BCUT2D eigenvalue weighted by Gasteiger charge is -2.49. The fourth-order valence-corrected chi connectivity index (χ4v) is 4.08. The van der Waals surface area contributed by atoms with Gasteiger partial charge in [0.05, 0.1) is 0 Å². The zero-order valence-corrected chi connectivity index (χ0v) is 13.5. The summed E-state index contributed by atoms with van der Waals surface area (Å²) in [6.45, 7) is 12.2. The SMILES string of the molecule is CCCNC1CCC(C)(C)CC1N1CCCCC1C. The molecule has 1 heterocycles. The fourth-order valence-electron chi connectivity index (χ4n) is 4.08. The topological polar surface area (TPSA) is 15.3 Å². The Hall–Kier alpha value is -0.0800. The van der Waals surface area contributed by atoms with Crippen LogP contribution in [0.5, 0.6) is 0 Å². The highest BCUT2D eigenvalue weighted by Crippen LogP contribution is 2.39. The van der Waals surface area contributed by atoms with Crippen LogP contribution in [0, 0.1) is 5.41 Å². The monoisotopic (exact) mass is 266 g/mol. The van der Waals surface area contributed by atoms with Crippen LogP contribution < -0.4 is 5.32 Å². The quantitative estimate of drug-likeness (QED) is 0.832. The third kappa shape index (κ3) is 3.95. The van der Waals surface area contributed by atoms with Crippen molar-refractivity contribution >= 4 is 0 Å². The first kappa shape index (κ1) is 15.3. The van der Waals surface area contributed by atoms with Gasteiger partial charge >= 0.3 is 0 Å². The van der Waals surface area contributed by atoms with Crippen LogP contribution >= 0.6 is 0 Å². The molecule has 2 heteroatoms. The van der Waals surface area contributed by atoms with Crippen LogP contribution in [-0.4, -0.2) is 36.1 Å². The largest absolute Gasteiger partial charge is 0.312 e. The Labute approximate surface area is 120 Å². The van der Waals surface area contributed by atoms with Gasteiger partial charge in [-0.05, 0) is 64.0 Å². The predicted molar refractivity (Wildman–Crippen MR) is 83.5 cm³/mol. The lowest BCUT2D eigenvalue weighted by Crippen LogP contribution is -2.58. The molecule has 2 nitrogen and oxygen atoms in total. The van der Waals surface area contributed by atoms with E-state index in [-0.39, 0.29) is 0 Å². The zero-order chi connectivity index (χ0) is 13.9. The van der Waals surface area contributed by atoms with Crippen LogP contribution in [0.25, 0.3) is 0 Å². The van der Waals surface area contributed by atoms with Gasteiger partial charge in [0, 0.05) is 18.1 Å². The molecule has 0 radical (unpaired) electrons. The van der Waals surface area contributed by atoms with E-state index in [0.29, 0.717) is 5.41 Å². The Balaban J connectivity index is 2.05. The van der Waals surface area contributed by atoms with Crippen molar-refractivity contribution in [3.8, 4) is 0 Å². The summed E-state index contributed by atoms with van der Waals surface area (Å²) < 4.78 is 0. The van der Waals surface area contributed by atoms with Crippen molar-refractivity contribution in [2.24, 2.45) is 5.41 Å². The molecule has 3 unspecified atom stereocenters. The molecule has 1 saturated carbocycles. The molecule has 1 saturated heterocycles. The molecule has 2 aliphatic rings. The van der Waals surface area contributed by atoms with Crippen LogP contribution in [0.3, 0.4) is 0 Å². The van der Waals surface area contributed by atoms with Gasteiger partial charge in [-0.3, -0.25) is 4.90 Å². The maximum Gasteiger partial charge on any atom is 0.0257 e. The third-order valence-corrected chi connectivity index (χ3v) is 5.30. The van der Waals surface area contributed by atoms with E-state index in [0.717, 1.165) is 18.1 Å². The first-order chi connectivity index (χ1) is 9.03. The molecule has 1 aliphatic heterocycles. The van der Waals surface area contributed by atoms with Crippen molar-refractivity contribution in [2.45, 2.75) is 90.8 Å². The number of piperidine rings is 1. The van der Waals surface area contributed by atoms with Crippen LogP contribution in [0.4, 0.5) is 0 Å². The second-order valence-electron chi connectivity index (χ2n) is 7.62. The molecule has 0 aromatic rings. The molecule has 1 N–H and O–H groups in total. The highest BCUT2D eigenvalue weighted by atomic mass is 15.2. The van der Waals surface area contributed by atoms with Gasteiger partial charge in [-0.25, -0.2) is 0 Å². The molecule has 0 spiro atoms. The summed E-state index contributed by atoms with van der Waals surface area (Å²) in [7, 11) is 0. The summed E-state index contributed by atoms with van der Waals surface area (Å²) in [5.41, 5.74) is 0.534. The van der Waals surface area contributed by atoms with Crippen molar-refractivity contribution in [3.05, 3.63) is 0 Å². The first-order valence-corrected chi connectivity index (χ1v) is 8.52. The highest BCUT2D eigenvalue weighted by Gasteiger charge is 2.39. The van der Waals surface area contributed by atoms with Gasteiger partial charge in [0.15, 0.2) is 0 Å². The van der Waals surface area contributed by atoms with Gasteiger partial charge in [0.1, 0.15) is 0 Å². The minimum atomic E-state index is 0.534. The van der Waals surface area contributed by atoms with Gasteiger partial charge in [0.25, 0.3) is 0 Å². The summed E-state index contributed by atoms with van der Waals surface area (Å²) in [6.07, 6.45) is 9.61. The lowest BCUT2D eigenvalue weighted by atomic mass is 9.71. The smallest absolute Gasteiger partial charge is 0.0257 e. The van der Waals surface area contributed by atoms with Gasteiger partial charge in [-0.15, -0.1) is 0 Å². The normalized spacial score (nSPS) is 36.3. The molecule has 3 atom stereocenters. The van der Waals surface area contributed by atoms with Crippen LogP contribution in [0.15, 0.2) is 0 Å². The van der Waals surface area contributed by atoms with Gasteiger partial charge in [-0.2, -0.15) is 0 Å². The average Bonchev–Trinajstić information content (AvgIpc) is 2.37. The van der Waals surface area contributed by atoms with Crippen molar-refractivity contribution < 1.29 is 0 Å². The summed E-state index contributed by atoms with van der Waals surface area (Å²) in [5, 5.41) is 3.84. The minimum absolute atomic E-state index is 0.534. The number of hydrogen-bond donors (Lipinski definition) is 1. The molecule has 19 heavy (non-hydrogen) atoms. The molecule has 0 aromatic carbocycles. The van der Waals surface area contributed by atoms with Gasteiger partial charge < -0.3 is 5.32 Å². The van der Waals surface area contributed by atoms with Crippen molar-refractivity contribution in [3.63, 3.8) is 0 Å². The van der Waals surface area contributed by atoms with E-state index in [1.807, 2.05) is 0 Å². The van der Waals surface area contributed by atoms with E-state index in [1.165, 1.54) is 58.0 Å². The molecule has 1 aliphatic carbocycles. The molecular formula is C17H34N2. The maximum absolute atomic E-state index is 3.84. The number of nitrogens with zero attached hydrogens (tertiary/aromatic N) is 1. The van der Waals surface area contributed by atoms with Crippen molar-refractivity contribution in [2.75, 3.05) is 13.1 Å². The highest BCUT2D eigenvalue weighted by molar-refractivity contribution is 4.96. The molecule has 2 fully saturated rings. The van der Waals surface area contributed by atoms with Crippen LogP contribution in [-0.2, 0) is 0 Å². The predicted octanol–water partition coefficient (Wildman–Crippen LogP) is 3.81. The van der Waals surface area contributed by atoms with E-state index in [2.05, 4.69) is 37.9 Å². The molecule has 0 aromatic heterocycles. The molecule has 0 bridgehead atoms. The summed E-state index contributed by atoms with van der Waals surface area (Å²) in [5.74, 6) is 0. The minimum Gasteiger partial charge on any atom is -0.312 e. The van der Waals surface area contributed by atoms with Crippen LogP contribution in [0.1, 0.15) is 72.6 Å². The summed E-state index contributed by atoms with van der Waals surface area (Å²) >= 11 is 0. The fraction of sp³-hybridized carbons (Fsp3) is 1.00. The van der Waals surface area contributed by atoms with E-state index in [9.17, 15) is 0 Å². The maximum atomic E-state index is 3.84. The average molecular weight is 266 g/mol. The van der Waals surface area contributed by atoms with E-state index >= 15 is 0 Å². The van der Waals surface area contributed by atoms with E-state index in [1.54, 1.807) is 0 Å². The molecule has 2 rings (SSSR count). The number of likely N-dealkylation sites (tertiary alicyclic amines) is 1. The third-order valence-electron chi connectivity index (χ3n) is 5.30. The molecule has 112 valence electrons. The Bertz CT molecular complexity index is 274. The van der Waals surface area contributed by atoms with Gasteiger partial charge in [0.2, 0.25) is 0 Å². The lowest BCUT2D eigenvalue weighted by molar-refractivity contribution is 0.0233. The summed E-state index contributed by atoms with van der Waals surface area (Å²) in [6, 6.07) is 2.29. The van der Waals surface area contributed by atoms with E-state index in [4.69, 9.17) is 0 Å². The molecular weight excluding hydrogens is 232 g/mol. The van der Waals surface area contributed by atoms with Crippen molar-refractivity contribution in [1.82, 2.24) is 10.2 Å². The number of nitrogens with one attached hydrogen (secondary N) is 1. The Morgan fingerprint density at radius 1 is 1.21 bits per heavy atom. The van der Waals surface area contributed by atoms with Gasteiger partial charge in [-0.1, -0.05) is 27.2 Å². The Kier molecular flexibility index (Phi) is 5.30. The van der Waals surface area contributed by atoms with E-state index < -0.39 is 0 Å². The Morgan fingerprint density at radius 2 is 2.00 bits per heavy atom. The Morgan fingerprint density at radius 3 is 2.68 bits per heavy atom. The van der Waals surface area contributed by atoms with Crippen LogP contribution in [0.2, 0.25) is 0 Å². The zero-order valence-electron chi connectivity index (χ0n) is 13.5. The molecule has 0 amide bonds. The first-order valence-electron chi connectivity index (χ1n) is 8.52. The second-order valence-corrected chi connectivity index (χ2v) is 7.62. The van der Waals surface area contributed by atoms with Crippen molar-refractivity contribution in [1.29, 1.82) is 0 Å². The second kappa shape index (κ2) is 6.58. The number of rotatable bonds is 4. The standard InChI is InChI=1S/C17H34N2/c1-5-11-18-15-9-10-17(3,4)13-16(15)19-12-7-6-8-14(19)2/h14-16,18H,5-13H2,1-4H3. The summed E-state index contributed by atoms with van der Waals surface area (Å²) in [4.78, 5) is 2.83.